The zero-order valence-corrected chi connectivity index (χ0v) is 16.6. The highest BCUT2D eigenvalue weighted by Gasteiger charge is 2.25. The lowest BCUT2D eigenvalue weighted by Crippen LogP contribution is -2.39. The summed E-state index contributed by atoms with van der Waals surface area (Å²) in [5.74, 6) is 1.52. The molecule has 3 aromatic rings. The third kappa shape index (κ3) is 3.51. The summed E-state index contributed by atoms with van der Waals surface area (Å²) in [6, 6.07) is 11.1. The average molecular weight is 392 g/mol. The van der Waals surface area contributed by atoms with E-state index in [1.54, 1.807) is 13.2 Å². The molecule has 2 aromatic carbocycles. The van der Waals surface area contributed by atoms with E-state index in [-0.39, 0.29) is 11.9 Å². The van der Waals surface area contributed by atoms with E-state index in [9.17, 15) is 4.39 Å². The van der Waals surface area contributed by atoms with Crippen molar-refractivity contribution in [2.45, 2.75) is 25.4 Å². The number of ether oxygens (including phenoxy) is 2. The number of benzene rings is 2. The molecule has 0 amide bonds. The van der Waals surface area contributed by atoms with Crippen molar-refractivity contribution in [3.63, 3.8) is 0 Å². The predicted octanol–water partition coefficient (Wildman–Crippen LogP) is 4.80. The Kier molecular flexibility index (Phi) is 4.76. The largest absolute Gasteiger partial charge is 0.493 e. The number of H-pyrrole nitrogens is 1. The van der Waals surface area contributed by atoms with Crippen molar-refractivity contribution in [3.8, 4) is 11.5 Å². The Hall–Kier alpha value is -2.79. The van der Waals surface area contributed by atoms with Gasteiger partial charge in [-0.3, -0.25) is 4.90 Å². The summed E-state index contributed by atoms with van der Waals surface area (Å²) >= 11 is 0. The molecule has 5 rings (SSSR count). The van der Waals surface area contributed by atoms with E-state index in [0.717, 1.165) is 61.3 Å². The third-order valence-electron chi connectivity index (χ3n) is 6.05. The fourth-order valence-electron chi connectivity index (χ4n) is 4.50. The quantitative estimate of drug-likeness (QED) is 0.693. The second kappa shape index (κ2) is 7.56. The number of aromatic nitrogens is 1. The molecule has 1 atom stereocenters. The third-order valence-corrected chi connectivity index (χ3v) is 6.05. The van der Waals surface area contributed by atoms with Crippen molar-refractivity contribution in [1.29, 1.82) is 0 Å². The summed E-state index contributed by atoms with van der Waals surface area (Å²) in [5.41, 5.74) is 4.60. The van der Waals surface area contributed by atoms with Gasteiger partial charge in [-0.1, -0.05) is 18.2 Å². The summed E-state index contributed by atoms with van der Waals surface area (Å²) in [5, 5.41) is 1.09. The van der Waals surface area contributed by atoms with Crippen LogP contribution >= 0.6 is 0 Å². The molecular formula is C24H25FN2O2. The zero-order chi connectivity index (χ0) is 19.8. The molecule has 1 N–H and O–H groups in total. The van der Waals surface area contributed by atoms with E-state index in [2.05, 4.69) is 22.0 Å². The van der Waals surface area contributed by atoms with Crippen molar-refractivity contribution < 1.29 is 13.9 Å². The first-order valence-electron chi connectivity index (χ1n) is 10.2. The van der Waals surface area contributed by atoms with Gasteiger partial charge in [0.1, 0.15) is 11.9 Å². The molecule has 0 fully saturated rings. The van der Waals surface area contributed by atoms with Gasteiger partial charge in [0.15, 0.2) is 11.5 Å². The number of aromatic amines is 1. The van der Waals surface area contributed by atoms with Crippen molar-refractivity contribution in [1.82, 2.24) is 9.88 Å². The molecule has 150 valence electrons. The molecule has 0 saturated heterocycles. The highest BCUT2D eigenvalue weighted by molar-refractivity contribution is 5.92. The van der Waals surface area contributed by atoms with E-state index in [1.165, 1.54) is 22.8 Å². The standard InChI is InChI=1S/C24H25FN2O2/c1-28-23-4-2-3-17-5-7-19(29-24(17)23)15-27-11-9-16(10-12-27)21-14-26-22-13-18(25)6-8-20(21)22/h2-4,6,8-9,13-14,19,26H,5,7,10-12,15H2,1H3. The van der Waals surface area contributed by atoms with Crippen LogP contribution in [-0.2, 0) is 6.42 Å². The van der Waals surface area contributed by atoms with Gasteiger partial charge in [0, 0.05) is 42.3 Å². The molecule has 0 spiro atoms. The normalized spacial score (nSPS) is 19.5. The van der Waals surface area contributed by atoms with Crippen LogP contribution < -0.4 is 9.47 Å². The fourth-order valence-corrected chi connectivity index (χ4v) is 4.50. The van der Waals surface area contributed by atoms with Crippen molar-refractivity contribution >= 4 is 16.5 Å². The van der Waals surface area contributed by atoms with Crippen LogP contribution in [0.1, 0.15) is 24.0 Å². The Morgan fingerprint density at radius 2 is 2.17 bits per heavy atom. The topological polar surface area (TPSA) is 37.5 Å². The first kappa shape index (κ1) is 18.3. The van der Waals surface area contributed by atoms with Crippen LogP contribution in [0, 0.1) is 5.82 Å². The first-order chi connectivity index (χ1) is 14.2. The summed E-state index contributed by atoms with van der Waals surface area (Å²) in [4.78, 5) is 5.64. The number of hydrogen-bond acceptors (Lipinski definition) is 3. The van der Waals surface area contributed by atoms with Crippen molar-refractivity contribution in [2.24, 2.45) is 0 Å². The molecule has 1 unspecified atom stereocenters. The number of para-hydroxylation sites is 1. The monoisotopic (exact) mass is 392 g/mol. The Morgan fingerprint density at radius 3 is 3.00 bits per heavy atom. The van der Waals surface area contributed by atoms with E-state index in [0.29, 0.717) is 0 Å². The van der Waals surface area contributed by atoms with Crippen molar-refractivity contribution in [2.75, 3.05) is 26.7 Å². The van der Waals surface area contributed by atoms with Gasteiger partial charge in [0.05, 0.1) is 7.11 Å². The molecule has 0 radical (unpaired) electrons. The zero-order valence-electron chi connectivity index (χ0n) is 16.6. The number of methoxy groups -OCH3 is 1. The van der Waals surface area contributed by atoms with E-state index in [1.807, 2.05) is 24.4 Å². The Morgan fingerprint density at radius 1 is 1.24 bits per heavy atom. The number of rotatable bonds is 4. The minimum absolute atomic E-state index is 0.185. The predicted molar refractivity (Wildman–Crippen MR) is 113 cm³/mol. The molecule has 2 aliphatic rings. The maximum atomic E-state index is 13.4. The van der Waals surface area contributed by atoms with E-state index >= 15 is 0 Å². The van der Waals surface area contributed by atoms with Gasteiger partial charge >= 0.3 is 0 Å². The van der Waals surface area contributed by atoms with Gasteiger partial charge < -0.3 is 14.5 Å². The van der Waals surface area contributed by atoms with Gasteiger partial charge in [-0.15, -0.1) is 0 Å². The lowest BCUT2D eigenvalue weighted by Gasteiger charge is -2.33. The molecule has 29 heavy (non-hydrogen) atoms. The number of nitrogens with one attached hydrogen (secondary N) is 1. The second-order valence-corrected chi connectivity index (χ2v) is 7.86. The molecule has 5 heteroatoms. The van der Waals surface area contributed by atoms with E-state index in [4.69, 9.17) is 9.47 Å². The summed E-state index contributed by atoms with van der Waals surface area (Å²) in [6.45, 7) is 2.82. The molecule has 2 aliphatic heterocycles. The van der Waals surface area contributed by atoms with Crippen molar-refractivity contribution in [3.05, 3.63) is 65.6 Å². The maximum Gasteiger partial charge on any atom is 0.164 e. The molecule has 1 aromatic heterocycles. The van der Waals surface area contributed by atoms with Crippen LogP contribution in [-0.4, -0.2) is 42.7 Å². The van der Waals surface area contributed by atoms with Gasteiger partial charge in [-0.25, -0.2) is 4.39 Å². The smallest absolute Gasteiger partial charge is 0.164 e. The number of aryl methyl sites for hydroxylation is 1. The number of hydrogen-bond donors (Lipinski definition) is 1. The minimum atomic E-state index is -0.208. The molecular weight excluding hydrogens is 367 g/mol. The van der Waals surface area contributed by atoms with Crippen LogP contribution in [0.25, 0.3) is 16.5 Å². The first-order valence-corrected chi connectivity index (χ1v) is 10.2. The van der Waals surface area contributed by atoms with Gasteiger partial charge in [-0.05, 0) is 54.7 Å². The Bertz CT molecular complexity index is 1060. The van der Waals surface area contributed by atoms with E-state index < -0.39 is 0 Å². The second-order valence-electron chi connectivity index (χ2n) is 7.86. The molecule has 3 heterocycles. The summed E-state index contributed by atoms with van der Waals surface area (Å²) in [6.07, 6.45) is 7.52. The van der Waals surface area contributed by atoms with Crippen LogP contribution in [0.5, 0.6) is 11.5 Å². The minimum Gasteiger partial charge on any atom is -0.493 e. The molecule has 0 saturated carbocycles. The van der Waals surface area contributed by atoms with Gasteiger partial charge in [-0.2, -0.15) is 0 Å². The Labute approximate surface area is 169 Å². The van der Waals surface area contributed by atoms with Gasteiger partial charge in [0.2, 0.25) is 0 Å². The fraction of sp³-hybridized carbons (Fsp3) is 0.333. The SMILES string of the molecule is COc1cccc2c1OC(CN1CC=C(c3c[nH]c4cc(F)ccc34)CC1)CC2. The summed E-state index contributed by atoms with van der Waals surface area (Å²) < 4.78 is 25.2. The lowest BCUT2D eigenvalue weighted by atomic mass is 9.97. The van der Waals surface area contributed by atoms with Crippen LogP contribution in [0.2, 0.25) is 0 Å². The molecule has 0 aliphatic carbocycles. The lowest BCUT2D eigenvalue weighted by molar-refractivity contribution is 0.116. The highest BCUT2D eigenvalue weighted by Crippen LogP contribution is 2.37. The maximum absolute atomic E-state index is 13.4. The Balaban J connectivity index is 1.26. The highest BCUT2D eigenvalue weighted by atomic mass is 19.1. The van der Waals surface area contributed by atoms with Crippen LogP contribution in [0.15, 0.2) is 48.7 Å². The van der Waals surface area contributed by atoms with Crippen LogP contribution in [0.4, 0.5) is 4.39 Å². The molecule has 0 bridgehead atoms. The van der Waals surface area contributed by atoms with Gasteiger partial charge in [0.25, 0.3) is 0 Å². The molecule has 4 nitrogen and oxygen atoms in total. The number of halogens is 1. The average Bonchev–Trinajstić information content (AvgIpc) is 3.17. The summed E-state index contributed by atoms with van der Waals surface area (Å²) in [7, 11) is 1.69. The number of nitrogens with zero attached hydrogens (tertiary/aromatic N) is 1. The van der Waals surface area contributed by atoms with Crippen LogP contribution in [0.3, 0.4) is 0 Å². The number of fused-ring (bicyclic) bond motifs is 2.